The van der Waals surface area contributed by atoms with Crippen molar-refractivity contribution in [1.82, 2.24) is 14.5 Å². The Bertz CT molecular complexity index is 374. The summed E-state index contributed by atoms with van der Waals surface area (Å²) >= 11 is 0. The summed E-state index contributed by atoms with van der Waals surface area (Å²) in [7, 11) is 0. The number of nitrogens with zero attached hydrogens (tertiary/aromatic N) is 2. The highest BCUT2D eigenvalue weighted by atomic mass is 16.1. The second-order valence-electron chi connectivity index (χ2n) is 4.57. The Hall–Kier alpha value is -1.03. The Labute approximate surface area is 96.3 Å². The molecule has 1 saturated heterocycles. The Morgan fingerprint density at radius 3 is 2.88 bits per heavy atom. The van der Waals surface area contributed by atoms with Gasteiger partial charge in [-0.3, -0.25) is 9.13 Å². The van der Waals surface area contributed by atoms with Gasteiger partial charge in [-0.05, 0) is 25.8 Å². The average molecular weight is 223 g/mol. The van der Waals surface area contributed by atoms with Crippen LogP contribution >= 0.6 is 0 Å². The highest BCUT2D eigenvalue weighted by molar-refractivity contribution is 4.84. The van der Waals surface area contributed by atoms with E-state index in [1.54, 1.807) is 4.57 Å². The fourth-order valence-corrected chi connectivity index (χ4v) is 2.32. The van der Waals surface area contributed by atoms with Crippen LogP contribution in [0.5, 0.6) is 0 Å². The van der Waals surface area contributed by atoms with Gasteiger partial charge in [-0.2, -0.15) is 0 Å². The predicted molar refractivity (Wildman–Crippen MR) is 64.6 cm³/mol. The number of aryl methyl sites for hydroxylation is 1. The van der Waals surface area contributed by atoms with E-state index >= 15 is 0 Å². The fourth-order valence-electron chi connectivity index (χ4n) is 2.32. The fraction of sp³-hybridized carbons (Fsp3) is 0.750. The molecule has 2 heterocycles. The number of nitrogens with one attached hydrogen (secondary N) is 1. The first-order valence-electron chi connectivity index (χ1n) is 6.30. The maximum Gasteiger partial charge on any atom is 0.328 e. The van der Waals surface area contributed by atoms with Crippen LogP contribution in [0, 0.1) is 0 Å². The maximum absolute atomic E-state index is 11.9. The smallest absolute Gasteiger partial charge is 0.312 e. The number of hydrogen-bond donors (Lipinski definition) is 1. The molecule has 0 amide bonds. The molecule has 1 atom stereocenters. The Balaban J connectivity index is 2.00. The molecule has 2 rings (SSSR count). The van der Waals surface area contributed by atoms with Crippen molar-refractivity contribution in [1.29, 1.82) is 0 Å². The summed E-state index contributed by atoms with van der Waals surface area (Å²) in [4.78, 5) is 11.9. The predicted octanol–water partition coefficient (Wildman–Crippen LogP) is 1.20. The summed E-state index contributed by atoms with van der Waals surface area (Å²) in [6, 6.07) is 0.476. The summed E-state index contributed by atoms with van der Waals surface area (Å²) < 4.78 is 3.63. The van der Waals surface area contributed by atoms with Crippen LogP contribution in [0.3, 0.4) is 0 Å². The van der Waals surface area contributed by atoms with Gasteiger partial charge < -0.3 is 5.32 Å². The van der Waals surface area contributed by atoms with E-state index in [1.807, 2.05) is 17.0 Å². The summed E-state index contributed by atoms with van der Waals surface area (Å²) in [5.74, 6) is 0. The molecule has 1 unspecified atom stereocenters. The Morgan fingerprint density at radius 2 is 2.19 bits per heavy atom. The molecular formula is C12H21N3O. The standard InChI is InChI=1S/C12H21N3O/c1-2-7-14-8-9-15(12(14)16)10-11-5-3-4-6-13-11/h8-9,11,13H,2-7,10H2,1H3. The molecule has 4 heteroatoms. The van der Waals surface area contributed by atoms with Crippen molar-refractivity contribution >= 4 is 0 Å². The molecule has 1 aromatic heterocycles. The Kier molecular flexibility index (Phi) is 3.83. The van der Waals surface area contributed by atoms with Crippen molar-refractivity contribution in [3.63, 3.8) is 0 Å². The topological polar surface area (TPSA) is 39.0 Å². The highest BCUT2D eigenvalue weighted by Crippen LogP contribution is 2.08. The molecule has 1 aromatic rings. The van der Waals surface area contributed by atoms with Crippen molar-refractivity contribution in [2.75, 3.05) is 6.54 Å². The largest absolute Gasteiger partial charge is 0.328 e. The van der Waals surface area contributed by atoms with E-state index in [9.17, 15) is 4.79 Å². The third kappa shape index (κ3) is 2.55. The van der Waals surface area contributed by atoms with Gasteiger partial charge in [0, 0.05) is 31.5 Å². The van der Waals surface area contributed by atoms with Gasteiger partial charge in [0.25, 0.3) is 0 Å². The first-order chi connectivity index (χ1) is 7.81. The molecule has 0 bridgehead atoms. The monoisotopic (exact) mass is 223 g/mol. The molecule has 4 nitrogen and oxygen atoms in total. The first kappa shape index (κ1) is 11.5. The van der Waals surface area contributed by atoms with E-state index < -0.39 is 0 Å². The molecule has 0 spiro atoms. The number of piperidine rings is 1. The van der Waals surface area contributed by atoms with Gasteiger partial charge in [-0.1, -0.05) is 13.3 Å². The molecule has 0 radical (unpaired) electrons. The van der Waals surface area contributed by atoms with Crippen LogP contribution in [0.15, 0.2) is 17.2 Å². The van der Waals surface area contributed by atoms with E-state index in [4.69, 9.17) is 0 Å². The second kappa shape index (κ2) is 5.34. The van der Waals surface area contributed by atoms with Gasteiger partial charge >= 0.3 is 5.69 Å². The second-order valence-corrected chi connectivity index (χ2v) is 4.57. The molecule has 1 N–H and O–H groups in total. The van der Waals surface area contributed by atoms with Crippen LogP contribution in [-0.2, 0) is 13.1 Å². The minimum Gasteiger partial charge on any atom is -0.312 e. The van der Waals surface area contributed by atoms with Crippen molar-refractivity contribution in [2.24, 2.45) is 0 Å². The van der Waals surface area contributed by atoms with Gasteiger partial charge in [0.1, 0.15) is 0 Å². The van der Waals surface area contributed by atoms with Crippen LogP contribution < -0.4 is 11.0 Å². The van der Waals surface area contributed by atoms with Gasteiger partial charge in [0.2, 0.25) is 0 Å². The number of imidazole rings is 1. The molecule has 1 fully saturated rings. The number of rotatable bonds is 4. The van der Waals surface area contributed by atoms with Crippen molar-refractivity contribution in [3.8, 4) is 0 Å². The molecule has 0 saturated carbocycles. The lowest BCUT2D eigenvalue weighted by molar-refractivity contribution is 0.358. The van der Waals surface area contributed by atoms with E-state index in [0.717, 1.165) is 26.1 Å². The lowest BCUT2D eigenvalue weighted by Crippen LogP contribution is -2.39. The van der Waals surface area contributed by atoms with Crippen molar-refractivity contribution < 1.29 is 0 Å². The maximum atomic E-state index is 11.9. The van der Waals surface area contributed by atoms with Crippen LogP contribution in [0.1, 0.15) is 32.6 Å². The third-order valence-electron chi connectivity index (χ3n) is 3.21. The summed E-state index contributed by atoms with van der Waals surface area (Å²) in [6.45, 7) is 4.82. The molecule has 90 valence electrons. The molecule has 16 heavy (non-hydrogen) atoms. The normalized spacial score (nSPS) is 21.2. The lowest BCUT2D eigenvalue weighted by Gasteiger charge is -2.23. The van der Waals surface area contributed by atoms with Crippen molar-refractivity contribution in [2.45, 2.75) is 51.7 Å². The van der Waals surface area contributed by atoms with Crippen LogP contribution in [0.2, 0.25) is 0 Å². The van der Waals surface area contributed by atoms with Crippen LogP contribution in [0.25, 0.3) is 0 Å². The van der Waals surface area contributed by atoms with E-state index in [0.29, 0.717) is 6.04 Å². The quantitative estimate of drug-likeness (QED) is 0.833. The molecule has 1 aliphatic rings. The minimum absolute atomic E-state index is 0.134. The Morgan fingerprint density at radius 1 is 1.38 bits per heavy atom. The molecular weight excluding hydrogens is 202 g/mol. The van der Waals surface area contributed by atoms with E-state index in [2.05, 4.69) is 12.2 Å². The summed E-state index contributed by atoms with van der Waals surface area (Å²) in [6.07, 6.45) is 8.55. The SMILES string of the molecule is CCCn1ccn(CC2CCCCN2)c1=O. The van der Waals surface area contributed by atoms with E-state index in [-0.39, 0.29) is 5.69 Å². The zero-order chi connectivity index (χ0) is 11.4. The van der Waals surface area contributed by atoms with Crippen LogP contribution in [0.4, 0.5) is 0 Å². The molecule has 0 aliphatic carbocycles. The van der Waals surface area contributed by atoms with Gasteiger partial charge in [-0.15, -0.1) is 0 Å². The molecule has 0 aromatic carbocycles. The van der Waals surface area contributed by atoms with Crippen molar-refractivity contribution in [3.05, 3.63) is 22.9 Å². The third-order valence-corrected chi connectivity index (χ3v) is 3.21. The molecule has 1 aliphatic heterocycles. The van der Waals surface area contributed by atoms with Crippen LogP contribution in [-0.4, -0.2) is 21.7 Å². The van der Waals surface area contributed by atoms with Gasteiger partial charge in [0.15, 0.2) is 0 Å². The zero-order valence-corrected chi connectivity index (χ0v) is 9.98. The number of hydrogen-bond acceptors (Lipinski definition) is 2. The minimum atomic E-state index is 0.134. The van der Waals surface area contributed by atoms with Gasteiger partial charge in [-0.25, -0.2) is 4.79 Å². The number of aromatic nitrogens is 2. The zero-order valence-electron chi connectivity index (χ0n) is 9.98. The lowest BCUT2D eigenvalue weighted by atomic mass is 10.1. The summed E-state index contributed by atoms with van der Waals surface area (Å²) in [5.41, 5.74) is 0.134. The highest BCUT2D eigenvalue weighted by Gasteiger charge is 2.14. The van der Waals surface area contributed by atoms with Gasteiger partial charge in [0.05, 0.1) is 0 Å². The van der Waals surface area contributed by atoms with E-state index in [1.165, 1.54) is 19.3 Å². The average Bonchev–Trinajstić information content (AvgIpc) is 2.64. The first-order valence-corrected chi connectivity index (χ1v) is 6.30. The summed E-state index contributed by atoms with van der Waals surface area (Å²) in [5, 5.41) is 3.47.